The molecule has 3 aromatic carbocycles. The molecular formula is C76H73ClIKN10O12S3. The number of carbonyl (C=O) groups is 4. The third-order valence-corrected chi connectivity index (χ3v) is 19.9. The number of rotatable bonds is 11. The van der Waals surface area contributed by atoms with Crippen LogP contribution in [0.4, 0.5) is 0 Å². The predicted molar refractivity (Wildman–Crippen MR) is 409 cm³/mol. The van der Waals surface area contributed by atoms with Gasteiger partial charge in [-0.05, 0) is 175 Å². The van der Waals surface area contributed by atoms with Gasteiger partial charge in [-0.25, -0.2) is 53.1 Å². The van der Waals surface area contributed by atoms with Crippen molar-refractivity contribution >= 4 is 144 Å². The fraction of sp³-hybridized carbons (Fsp3) is 0.158. The number of halogens is 2. The van der Waals surface area contributed by atoms with E-state index in [0.29, 0.717) is 35.1 Å². The summed E-state index contributed by atoms with van der Waals surface area (Å²) in [7, 11) is -5.91. The number of pyridine rings is 6. The molecule has 1 saturated heterocycles. The second-order valence-electron chi connectivity index (χ2n) is 21.8. The zero-order valence-corrected chi connectivity index (χ0v) is 65.7. The smallest absolute Gasteiger partial charge is 0.870 e. The number of nitrogens with zero attached hydrogens (tertiary/aromatic N) is 10. The van der Waals surface area contributed by atoms with Gasteiger partial charge < -0.3 is 19.3 Å². The Morgan fingerprint density at radius 1 is 0.471 bits per heavy atom. The quantitative estimate of drug-likeness (QED) is 0.0382. The van der Waals surface area contributed by atoms with Crippen LogP contribution < -0.4 is 51.4 Å². The standard InChI is InChI=1S/C14H10N2O3S.C13H10N2O2S.2C10H10N2O.C9H7NO.C8H7N.C6H5ClO2S.C4H8O.C2H5I.K.H2O/c17-10-12-9-11-5-4-8-15-14(11)16(12)20(18,19)13-6-2-1-3-7-13;16-18(17,12-6-2-1-3-7-12)15-10-8-11-5-4-9-14-13(11)15;2*1-2-12-9(7-13)6-8-4-3-5-11-10(8)12;11-6-7-4-8-2-1-3-10-9(8)5-7;1-3-7-4-2-6-9-8(7)5-1;7-10(8,9)6-4-2-1-3-5-6;1-2-4-5-3-1;1-2-3;;/h1-10H;1-10H;2*3-7H,2H2,1H3;1-4,6H,5H2;1-4,6H,5H2;1-5H;1-4H2;2H2,1H3;;1H2/q;;;;;;;;;+1;/p-1. The maximum Gasteiger partial charge on any atom is 1.00 e. The van der Waals surface area contributed by atoms with E-state index in [1.807, 2.05) is 95.9 Å². The summed E-state index contributed by atoms with van der Waals surface area (Å²) in [6.07, 6.45) is 25.2. The van der Waals surface area contributed by atoms with Gasteiger partial charge in [0.2, 0.25) is 0 Å². The Kier molecular flexibility index (Phi) is 34.3. The summed E-state index contributed by atoms with van der Waals surface area (Å²) in [5.41, 5.74) is 9.28. The topological polar surface area (TPSA) is 307 Å². The Bertz CT molecular complexity index is 5280. The molecule has 0 bridgehead atoms. The minimum Gasteiger partial charge on any atom is -0.870 e. The molecule has 22 nitrogen and oxygen atoms in total. The molecule has 1 fully saturated rings. The number of carbonyl (C=O) groups excluding carboxylic acids is 4. The number of aromatic nitrogens is 10. The van der Waals surface area contributed by atoms with Crippen molar-refractivity contribution in [3.8, 4) is 0 Å². The first-order chi connectivity index (χ1) is 49.4. The first kappa shape index (κ1) is 84.2. The second kappa shape index (κ2) is 42.3. The monoisotopic (exact) mass is 1610 g/mol. The number of hydrogen-bond acceptors (Lipinski definition) is 18. The van der Waals surface area contributed by atoms with Gasteiger partial charge in [0.1, 0.15) is 17.6 Å². The van der Waals surface area contributed by atoms with Crippen molar-refractivity contribution in [3.63, 3.8) is 0 Å². The van der Waals surface area contributed by atoms with Gasteiger partial charge in [-0.15, -0.1) is 0 Å². The largest absolute Gasteiger partial charge is 1.00 e. The van der Waals surface area contributed by atoms with Gasteiger partial charge in [0.05, 0.1) is 43.2 Å². The molecule has 10 aromatic heterocycles. The summed E-state index contributed by atoms with van der Waals surface area (Å²) in [5.74, 6) is 0. The molecule has 104 heavy (non-hydrogen) atoms. The summed E-state index contributed by atoms with van der Waals surface area (Å²) in [4.78, 5) is 68.4. The fourth-order valence-electron chi connectivity index (χ4n) is 10.4. The molecule has 2 aliphatic carbocycles. The number of hydrogen-bond donors (Lipinski definition) is 0. The van der Waals surface area contributed by atoms with E-state index in [0.717, 1.165) is 99.8 Å². The molecule has 0 saturated carbocycles. The van der Waals surface area contributed by atoms with Gasteiger partial charge in [-0.3, -0.25) is 29.1 Å². The molecule has 11 heterocycles. The number of aryl methyl sites for hydroxylation is 2. The third-order valence-electron chi connectivity index (χ3n) is 15.1. The summed E-state index contributed by atoms with van der Waals surface area (Å²) < 4.78 is 83.5. The molecule has 13 aromatic rings. The van der Waals surface area contributed by atoms with E-state index in [1.165, 1.54) is 75.2 Å². The van der Waals surface area contributed by atoms with Crippen LogP contribution in [0.3, 0.4) is 0 Å². The Morgan fingerprint density at radius 2 is 0.885 bits per heavy atom. The number of allylic oxidation sites excluding steroid dienone is 2. The third kappa shape index (κ3) is 22.7. The fourth-order valence-corrected chi connectivity index (χ4v) is 14.0. The molecule has 16 rings (SSSR count). The maximum atomic E-state index is 12.7. The van der Waals surface area contributed by atoms with Crippen LogP contribution in [0.2, 0.25) is 0 Å². The summed E-state index contributed by atoms with van der Waals surface area (Å²) >= 11 is 2.29. The van der Waals surface area contributed by atoms with Crippen molar-refractivity contribution in [2.24, 2.45) is 0 Å². The number of benzene rings is 3. The van der Waals surface area contributed by atoms with E-state index in [4.69, 9.17) is 15.4 Å². The van der Waals surface area contributed by atoms with E-state index in [2.05, 4.69) is 77.6 Å². The molecule has 0 radical (unpaired) electrons. The first-order valence-electron chi connectivity index (χ1n) is 32.0. The van der Waals surface area contributed by atoms with Crippen molar-refractivity contribution in [1.29, 1.82) is 0 Å². The molecule has 0 unspecified atom stereocenters. The molecule has 0 spiro atoms. The number of ether oxygens (including phenoxy) is 1. The molecule has 0 amide bonds. The number of fused-ring (bicyclic) bond motifs is 6. The number of alkyl halides is 1. The molecule has 3 aliphatic rings. The van der Waals surface area contributed by atoms with E-state index in [9.17, 15) is 44.4 Å². The van der Waals surface area contributed by atoms with E-state index >= 15 is 0 Å². The predicted octanol–water partition coefficient (Wildman–Crippen LogP) is 11.6. The SMILES string of the molecule is C1=Cc2cccnc2C1.C1CCOC1.CCI.CCn1c(C=O)cc2cccnc21.CCn1c(C=O)cc2cccnc21.O=CC1=Cc2cccnc2C1.O=Cc1cc2cccnc2n1S(=O)(=O)c1ccccc1.O=S(=O)(Cl)c1ccccc1.O=S(=O)(c1ccccc1)n1ccc2cccnc21.[K+].[OH-]. The van der Waals surface area contributed by atoms with Crippen LogP contribution in [0, 0.1) is 0 Å². The van der Waals surface area contributed by atoms with Crippen molar-refractivity contribution in [2.75, 3.05) is 17.6 Å². The van der Waals surface area contributed by atoms with E-state index in [1.54, 1.807) is 116 Å². The van der Waals surface area contributed by atoms with Crippen molar-refractivity contribution in [1.82, 2.24) is 47.0 Å². The van der Waals surface area contributed by atoms with Crippen LogP contribution in [0.15, 0.2) is 258 Å². The zero-order valence-electron chi connectivity index (χ0n) is 57.2. The van der Waals surface area contributed by atoms with Crippen LogP contribution in [-0.4, -0.2) is 120 Å². The van der Waals surface area contributed by atoms with E-state index < -0.39 is 29.1 Å². The van der Waals surface area contributed by atoms with Gasteiger partial charge >= 0.3 is 51.4 Å². The van der Waals surface area contributed by atoms with Crippen molar-refractivity contribution in [2.45, 2.75) is 74.2 Å². The van der Waals surface area contributed by atoms with Crippen LogP contribution in [0.25, 0.3) is 56.3 Å². The van der Waals surface area contributed by atoms with Crippen LogP contribution in [0.5, 0.6) is 0 Å². The van der Waals surface area contributed by atoms with Gasteiger partial charge in [-0.1, -0.05) is 108 Å². The second-order valence-corrected chi connectivity index (χ2v) is 29.5. The Labute approximate surface area is 664 Å². The molecule has 28 heteroatoms. The first-order valence-corrected chi connectivity index (χ1v) is 38.7. The van der Waals surface area contributed by atoms with Crippen LogP contribution >= 0.6 is 33.3 Å². The summed E-state index contributed by atoms with van der Waals surface area (Å²) in [6.45, 7) is 9.66. The average Bonchev–Trinajstić information content (AvgIpc) is 1.62. The Morgan fingerprint density at radius 3 is 1.32 bits per heavy atom. The summed E-state index contributed by atoms with van der Waals surface area (Å²) in [6, 6.07) is 53.7. The van der Waals surface area contributed by atoms with Crippen LogP contribution in [-0.2, 0) is 64.6 Å². The average molecular weight is 1620 g/mol. The van der Waals surface area contributed by atoms with E-state index in [-0.39, 0.29) is 82.9 Å². The Hall–Kier alpha value is -8.69. The van der Waals surface area contributed by atoms with Gasteiger partial charge in [0.15, 0.2) is 30.2 Å². The van der Waals surface area contributed by atoms with Gasteiger partial charge in [-0.2, -0.15) is 0 Å². The van der Waals surface area contributed by atoms with Crippen molar-refractivity contribution < 1.29 is 106 Å². The normalized spacial score (nSPS) is 12.0. The van der Waals surface area contributed by atoms with Crippen molar-refractivity contribution in [3.05, 3.63) is 283 Å². The Balaban J connectivity index is 0.000000189. The molecule has 1 N–H and O–H groups in total. The minimum absolute atomic E-state index is 0. The number of aldehydes is 4. The van der Waals surface area contributed by atoms with Crippen LogP contribution in [0.1, 0.15) is 87.6 Å². The minimum atomic E-state index is -3.84. The zero-order chi connectivity index (χ0) is 72.9. The molecule has 0 atom stereocenters. The molecular weight excluding hydrogens is 1540 g/mol. The molecule has 532 valence electrons. The maximum absolute atomic E-state index is 12.7. The van der Waals surface area contributed by atoms with Gasteiger partial charge in [0, 0.05) is 115 Å². The van der Waals surface area contributed by atoms with Gasteiger partial charge in [0.25, 0.3) is 29.1 Å². The summed E-state index contributed by atoms with van der Waals surface area (Å²) in [5, 5.41) is 3.45. The molecule has 1 aliphatic heterocycles.